The van der Waals surface area contributed by atoms with E-state index in [4.69, 9.17) is 9.47 Å². The van der Waals surface area contributed by atoms with E-state index < -0.39 is 28.0 Å². The number of sulfonamides is 1. The van der Waals surface area contributed by atoms with Crippen LogP contribution in [-0.2, 0) is 32.5 Å². The lowest BCUT2D eigenvalue weighted by molar-refractivity contribution is -0.127. The third-order valence-electron chi connectivity index (χ3n) is 5.17. The van der Waals surface area contributed by atoms with Crippen molar-refractivity contribution in [1.82, 2.24) is 9.62 Å². The van der Waals surface area contributed by atoms with Gasteiger partial charge in [-0.3, -0.25) is 4.79 Å². The average molecular weight is 432 g/mol. The molecule has 8 nitrogen and oxygen atoms in total. The van der Waals surface area contributed by atoms with Crippen molar-refractivity contribution in [1.29, 1.82) is 0 Å². The van der Waals surface area contributed by atoms with E-state index in [9.17, 15) is 18.0 Å². The van der Waals surface area contributed by atoms with Crippen molar-refractivity contribution < 1.29 is 27.5 Å². The molecule has 30 heavy (non-hydrogen) atoms. The number of fused-ring (bicyclic) bond motifs is 1. The SMILES string of the molecule is COc1cc2c(cc1OC)S(=O)(=O)N(C)[C@H](C(=O)N[C@H](C=O)Cc1ccccc1)C2. The molecule has 2 atom stereocenters. The minimum absolute atomic E-state index is 0.0722. The molecular formula is C21H24N2O6S. The molecule has 0 aromatic heterocycles. The number of aldehydes is 1. The molecule has 0 bridgehead atoms. The van der Waals surface area contributed by atoms with Crippen molar-refractivity contribution in [2.75, 3.05) is 21.3 Å². The Morgan fingerprint density at radius 2 is 1.83 bits per heavy atom. The predicted molar refractivity (Wildman–Crippen MR) is 110 cm³/mol. The fraction of sp³-hybridized carbons (Fsp3) is 0.333. The number of amides is 1. The molecule has 9 heteroatoms. The lowest BCUT2D eigenvalue weighted by atomic mass is 10.0. The van der Waals surface area contributed by atoms with Gasteiger partial charge in [0, 0.05) is 13.1 Å². The highest BCUT2D eigenvalue weighted by Crippen LogP contribution is 2.37. The van der Waals surface area contributed by atoms with Gasteiger partial charge in [-0.2, -0.15) is 4.31 Å². The first-order valence-electron chi connectivity index (χ1n) is 9.34. The number of likely N-dealkylation sites (N-methyl/N-ethyl adjacent to an activating group) is 1. The molecule has 2 aromatic carbocycles. The lowest BCUT2D eigenvalue weighted by Gasteiger charge is -2.33. The molecule has 160 valence electrons. The van der Waals surface area contributed by atoms with Crippen LogP contribution in [0.4, 0.5) is 0 Å². The molecular weight excluding hydrogens is 408 g/mol. The Bertz CT molecular complexity index is 1040. The number of hydrogen-bond donors (Lipinski definition) is 1. The molecule has 1 amide bonds. The van der Waals surface area contributed by atoms with Gasteiger partial charge in [0.1, 0.15) is 12.3 Å². The molecule has 0 unspecified atom stereocenters. The highest BCUT2D eigenvalue weighted by Gasteiger charge is 2.40. The van der Waals surface area contributed by atoms with E-state index in [0.717, 1.165) is 9.87 Å². The molecule has 0 saturated heterocycles. The molecule has 1 aliphatic heterocycles. The lowest BCUT2D eigenvalue weighted by Crippen LogP contribution is -2.54. The molecule has 0 saturated carbocycles. The standard InChI is InChI=1S/C21H24N2O6S/c1-23-17(21(25)22-16(13-24)9-14-7-5-4-6-8-14)10-15-11-18(28-2)19(29-3)12-20(15)30(23,26)27/h4-8,11-13,16-17H,9-10H2,1-3H3,(H,22,25)/t16-,17-/m0/s1. The Labute approximate surface area is 175 Å². The summed E-state index contributed by atoms with van der Waals surface area (Å²) in [7, 11) is 0.305. The number of hydrogen-bond acceptors (Lipinski definition) is 6. The van der Waals surface area contributed by atoms with Crippen LogP contribution in [0.15, 0.2) is 47.4 Å². The number of nitrogens with one attached hydrogen (secondary N) is 1. The molecule has 0 radical (unpaired) electrons. The molecule has 1 aliphatic rings. The monoisotopic (exact) mass is 432 g/mol. The Kier molecular flexibility index (Phi) is 6.42. The maximum absolute atomic E-state index is 13.0. The van der Waals surface area contributed by atoms with E-state index in [0.29, 0.717) is 29.8 Å². The third-order valence-corrected chi connectivity index (χ3v) is 7.12. The Balaban J connectivity index is 1.86. The topological polar surface area (TPSA) is 102 Å². The zero-order valence-electron chi connectivity index (χ0n) is 17.0. The van der Waals surface area contributed by atoms with E-state index >= 15 is 0 Å². The molecule has 0 spiro atoms. The molecule has 1 N–H and O–H groups in total. The van der Waals surface area contributed by atoms with Crippen molar-refractivity contribution >= 4 is 22.2 Å². The number of carbonyl (C=O) groups is 2. The van der Waals surface area contributed by atoms with Crippen LogP contribution in [0.2, 0.25) is 0 Å². The summed E-state index contributed by atoms with van der Waals surface area (Å²) in [6, 6.07) is 10.5. The van der Waals surface area contributed by atoms with Crippen LogP contribution in [0.25, 0.3) is 0 Å². The van der Waals surface area contributed by atoms with Gasteiger partial charge >= 0.3 is 0 Å². The zero-order chi connectivity index (χ0) is 21.9. The summed E-state index contributed by atoms with van der Waals surface area (Å²) in [5.74, 6) is 0.138. The minimum Gasteiger partial charge on any atom is -0.493 e. The number of ether oxygens (including phenoxy) is 2. The molecule has 0 fully saturated rings. The molecule has 1 heterocycles. The Hall–Kier alpha value is -2.91. The maximum Gasteiger partial charge on any atom is 0.243 e. The van der Waals surface area contributed by atoms with E-state index in [-0.39, 0.29) is 11.3 Å². The van der Waals surface area contributed by atoms with Gasteiger partial charge in [-0.25, -0.2) is 8.42 Å². The zero-order valence-corrected chi connectivity index (χ0v) is 17.8. The summed E-state index contributed by atoms with van der Waals surface area (Å²) in [4.78, 5) is 24.5. The fourth-order valence-electron chi connectivity index (χ4n) is 3.50. The van der Waals surface area contributed by atoms with Gasteiger partial charge in [0.05, 0.1) is 25.2 Å². The van der Waals surface area contributed by atoms with Gasteiger partial charge in [-0.1, -0.05) is 30.3 Å². The van der Waals surface area contributed by atoms with Gasteiger partial charge in [0.15, 0.2) is 11.5 Å². The van der Waals surface area contributed by atoms with Gasteiger partial charge in [0.25, 0.3) is 0 Å². The van der Waals surface area contributed by atoms with Crippen LogP contribution in [0, 0.1) is 0 Å². The summed E-state index contributed by atoms with van der Waals surface area (Å²) in [6.45, 7) is 0. The third kappa shape index (κ3) is 4.17. The van der Waals surface area contributed by atoms with Crippen LogP contribution in [0.3, 0.4) is 0 Å². The van der Waals surface area contributed by atoms with Crippen LogP contribution < -0.4 is 14.8 Å². The molecule has 3 rings (SSSR count). The van der Waals surface area contributed by atoms with Crippen LogP contribution >= 0.6 is 0 Å². The number of carbonyl (C=O) groups excluding carboxylic acids is 2. The van der Waals surface area contributed by atoms with Gasteiger partial charge in [-0.15, -0.1) is 0 Å². The van der Waals surface area contributed by atoms with E-state index in [1.807, 2.05) is 30.3 Å². The van der Waals surface area contributed by atoms with Crippen molar-refractivity contribution in [2.24, 2.45) is 0 Å². The first-order valence-corrected chi connectivity index (χ1v) is 10.8. The Morgan fingerprint density at radius 1 is 1.20 bits per heavy atom. The van der Waals surface area contributed by atoms with E-state index in [1.54, 1.807) is 6.07 Å². The normalized spacial score (nSPS) is 18.7. The van der Waals surface area contributed by atoms with Crippen molar-refractivity contribution in [3.8, 4) is 11.5 Å². The first-order chi connectivity index (χ1) is 14.3. The van der Waals surface area contributed by atoms with Gasteiger partial charge < -0.3 is 19.6 Å². The number of rotatable bonds is 7. The summed E-state index contributed by atoms with van der Waals surface area (Å²) in [6.07, 6.45) is 1.12. The van der Waals surface area contributed by atoms with Gasteiger partial charge in [-0.05, 0) is 30.0 Å². The van der Waals surface area contributed by atoms with Crippen LogP contribution in [-0.4, -0.2) is 58.3 Å². The Morgan fingerprint density at radius 3 is 2.43 bits per heavy atom. The summed E-state index contributed by atoms with van der Waals surface area (Å²) in [5.41, 5.74) is 1.35. The first kappa shape index (κ1) is 21.8. The fourth-order valence-corrected chi connectivity index (χ4v) is 5.04. The quantitative estimate of drug-likeness (QED) is 0.659. The largest absolute Gasteiger partial charge is 0.493 e. The summed E-state index contributed by atoms with van der Waals surface area (Å²) >= 11 is 0. The second-order valence-corrected chi connectivity index (χ2v) is 8.96. The van der Waals surface area contributed by atoms with Crippen LogP contribution in [0.5, 0.6) is 11.5 Å². The summed E-state index contributed by atoms with van der Waals surface area (Å²) < 4.78 is 37.5. The molecule has 2 aromatic rings. The summed E-state index contributed by atoms with van der Waals surface area (Å²) in [5, 5.41) is 2.67. The smallest absolute Gasteiger partial charge is 0.243 e. The second kappa shape index (κ2) is 8.85. The van der Waals surface area contributed by atoms with E-state index in [1.165, 1.54) is 27.3 Å². The minimum atomic E-state index is -3.93. The van der Waals surface area contributed by atoms with Crippen molar-refractivity contribution in [2.45, 2.75) is 29.8 Å². The average Bonchev–Trinajstić information content (AvgIpc) is 2.75. The van der Waals surface area contributed by atoms with E-state index in [2.05, 4.69) is 5.32 Å². The van der Waals surface area contributed by atoms with Crippen LogP contribution in [0.1, 0.15) is 11.1 Å². The second-order valence-electron chi connectivity index (χ2n) is 7.00. The highest BCUT2D eigenvalue weighted by atomic mass is 32.2. The van der Waals surface area contributed by atoms with Crippen molar-refractivity contribution in [3.63, 3.8) is 0 Å². The predicted octanol–water partition coefficient (Wildman–Crippen LogP) is 1.18. The molecule has 0 aliphatic carbocycles. The highest BCUT2D eigenvalue weighted by molar-refractivity contribution is 7.89. The van der Waals surface area contributed by atoms with Gasteiger partial charge in [0.2, 0.25) is 15.9 Å². The number of benzene rings is 2. The van der Waals surface area contributed by atoms with Crippen molar-refractivity contribution in [3.05, 3.63) is 53.6 Å². The maximum atomic E-state index is 13.0. The number of nitrogens with zero attached hydrogens (tertiary/aromatic N) is 1. The number of methoxy groups -OCH3 is 2.